The number of carbonyl (C=O) groups excluding carboxylic acids is 1. The number of nitrogens with zero attached hydrogens (tertiary/aromatic N) is 3. The van der Waals surface area contributed by atoms with Gasteiger partial charge in [0, 0.05) is 20.3 Å². The van der Waals surface area contributed by atoms with Gasteiger partial charge < -0.3 is 10.6 Å². The lowest BCUT2D eigenvalue weighted by atomic mass is 10.5. The Bertz CT molecular complexity index is 418. The van der Waals surface area contributed by atoms with Gasteiger partial charge in [0.05, 0.1) is 5.02 Å². The van der Waals surface area contributed by atoms with E-state index in [1.807, 2.05) is 0 Å². The van der Waals surface area contributed by atoms with Gasteiger partial charge in [-0.1, -0.05) is 11.6 Å². The zero-order valence-electron chi connectivity index (χ0n) is 8.94. The number of nitrogens with one attached hydrogen (secondary N) is 1. The van der Waals surface area contributed by atoms with Gasteiger partial charge in [-0.25, -0.2) is 9.78 Å². The van der Waals surface area contributed by atoms with Gasteiger partial charge in [-0.3, -0.25) is 5.32 Å². The second-order valence-corrected chi connectivity index (χ2v) is 3.54. The van der Waals surface area contributed by atoms with Crippen molar-refractivity contribution in [3.05, 3.63) is 23.4 Å². The largest absolute Gasteiger partial charge is 0.369 e. The molecule has 1 aromatic rings. The van der Waals surface area contributed by atoms with Crippen LogP contribution in [0.2, 0.25) is 5.02 Å². The Hall–Kier alpha value is -1.82. The summed E-state index contributed by atoms with van der Waals surface area (Å²) < 4.78 is 0. The van der Waals surface area contributed by atoms with E-state index in [0.717, 1.165) is 0 Å². The van der Waals surface area contributed by atoms with Crippen LogP contribution in [0, 0.1) is 0 Å². The molecule has 7 heteroatoms. The normalized spacial score (nSPS) is 11.1. The lowest BCUT2D eigenvalue weighted by molar-refractivity contribution is 0.222. The van der Waals surface area contributed by atoms with Crippen molar-refractivity contribution in [1.82, 2.24) is 15.2 Å². The highest BCUT2D eigenvalue weighted by atomic mass is 35.5. The van der Waals surface area contributed by atoms with Crippen molar-refractivity contribution in [3.8, 4) is 0 Å². The van der Waals surface area contributed by atoms with E-state index in [1.165, 1.54) is 11.1 Å². The minimum absolute atomic E-state index is 0.0562. The van der Waals surface area contributed by atoms with Gasteiger partial charge in [0.1, 0.15) is 0 Å². The fraction of sp³-hybridized carbons (Fsp3) is 0.222. The molecule has 0 unspecified atom stereocenters. The first-order chi connectivity index (χ1) is 7.50. The summed E-state index contributed by atoms with van der Waals surface area (Å²) in [5.74, 6) is 0.208. The Morgan fingerprint density at radius 2 is 2.31 bits per heavy atom. The first-order valence-corrected chi connectivity index (χ1v) is 4.81. The van der Waals surface area contributed by atoms with Gasteiger partial charge in [0.2, 0.25) is 5.96 Å². The number of amides is 2. The number of aromatic nitrogens is 1. The topological polar surface area (TPSA) is 83.6 Å². The maximum Gasteiger partial charge on any atom is 0.323 e. The van der Waals surface area contributed by atoms with E-state index < -0.39 is 0 Å². The molecule has 6 nitrogen and oxygen atoms in total. The Labute approximate surface area is 98.1 Å². The van der Waals surface area contributed by atoms with Crippen molar-refractivity contribution in [3.63, 3.8) is 0 Å². The molecule has 0 spiro atoms. The highest BCUT2D eigenvalue weighted by molar-refractivity contribution is 6.32. The molecule has 1 rings (SSSR count). The fourth-order valence-corrected chi connectivity index (χ4v) is 0.987. The minimum atomic E-state index is -0.367. The summed E-state index contributed by atoms with van der Waals surface area (Å²) in [4.78, 5) is 20.3. The van der Waals surface area contributed by atoms with Crippen molar-refractivity contribution < 1.29 is 4.79 Å². The van der Waals surface area contributed by atoms with Gasteiger partial charge in [-0.2, -0.15) is 4.99 Å². The molecule has 0 radical (unpaired) electrons. The number of guanidine groups is 1. The Morgan fingerprint density at radius 1 is 1.62 bits per heavy atom. The predicted octanol–water partition coefficient (Wildman–Crippen LogP) is 0.952. The number of rotatable bonds is 1. The Balaban J connectivity index is 2.78. The summed E-state index contributed by atoms with van der Waals surface area (Å²) >= 11 is 5.82. The molecule has 1 aromatic heterocycles. The fourth-order valence-electron chi connectivity index (χ4n) is 0.823. The zero-order chi connectivity index (χ0) is 12.1. The third-order valence-corrected chi connectivity index (χ3v) is 1.90. The van der Waals surface area contributed by atoms with Crippen molar-refractivity contribution in [2.75, 3.05) is 14.1 Å². The number of hydrogen-bond acceptors (Lipinski definition) is 3. The maximum atomic E-state index is 11.2. The van der Waals surface area contributed by atoms with Crippen LogP contribution >= 0.6 is 11.6 Å². The zero-order valence-corrected chi connectivity index (χ0v) is 9.69. The number of halogens is 1. The monoisotopic (exact) mass is 241 g/mol. The molecule has 3 N–H and O–H groups in total. The summed E-state index contributed by atoms with van der Waals surface area (Å²) in [6.07, 6.45) is 1.53. The van der Waals surface area contributed by atoms with Crippen molar-refractivity contribution in [1.29, 1.82) is 0 Å². The van der Waals surface area contributed by atoms with Crippen LogP contribution in [0.1, 0.15) is 0 Å². The summed E-state index contributed by atoms with van der Waals surface area (Å²) in [7, 11) is 3.19. The van der Waals surface area contributed by atoms with E-state index >= 15 is 0 Å². The molecule has 86 valence electrons. The third kappa shape index (κ3) is 3.39. The molecule has 0 saturated heterocycles. The molecule has 0 bridgehead atoms. The quantitative estimate of drug-likeness (QED) is 0.567. The average Bonchev–Trinajstić information content (AvgIpc) is 2.21. The lowest BCUT2D eigenvalue weighted by Crippen LogP contribution is -2.42. The predicted molar refractivity (Wildman–Crippen MR) is 62.7 cm³/mol. The first-order valence-electron chi connectivity index (χ1n) is 4.43. The van der Waals surface area contributed by atoms with Crippen LogP contribution in [0.5, 0.6) is 0 Å². The number of carbonyl (C=O) groups is 1. The SMILES string of the molecule is CN(C)C(=O)N/C(N)=N/c1ncccc1Cl. The van der Waals surface area contributed by atoms with Gasteiger partial charge in [-0.15, -0.1) is 0 Å². The number of hydrogen-bond donors (Lipinski definition) is 2. The molecule has 0 aromatic carbocycles. The number of aliphatic imine (C=N–C) groups is 1. The molecule has 0 saturated carbocycles. The van der Waals surface area contributed by atoms with Gasteiger partial charge in [0.25, 0.3) is 0 Å². The standard InChI is InChI=1S/C9H12ClN5O/c1-15(2)9(16)14-8(11)13-7-6(10)4-3-5-12-7/h3-5H,1-2H3,(H3,11,12,13,14,16). The maximum absolute atomic E-state index is 11.2. The molecule has 0 aliphatic carbocycles. The second kappa shape index (κ2) is 5.32. The number of pyridine rings is 1. The molecule has 0 aliphatic heterocycles. The molecule has 16 heavy (non-hydrogen) atoms. The van der Waals surface area contributed by atoms with Crippen LogP contribution in [0.15, 0.2) is 23.3 Å². The van der Waals surface area contributed by atoms with Crippen LogP contribution in [-0.2, 0) is 0 Å². The first kappa shape index (κ1) is 12.3. The average molecular weight is 242 g/mol. The van der Waals surface area contributed by atoms with E-state index in [2.05, 4.69) is 15.3 Å². The second-order valence-electron chi connectivity index (χ2n) is 3.13. The molecule has 0 fully saturated rings. The molecular formula is C9H12ClN5O. The van der Waals surface area contributed by atoms with Crippen LogP contribution in [0.4, 0.5) is 10.6 Å². The van der Waals surface area contributed by atoms with Crippen LogP contribution < -0.4 is 11.1 Å². The molecule has 1 heterocycles. The molecule has 2 amide bonds. The van der Waals surface area contributed by atoms with Gasteiger partial charge >= 0.3 is 6.03 Å². The molecule has 0 atom stereocenters. The Kier molecular flexibility index (Phi) is 4.07. The molecule has 0 aliphatic rings. The summed E-state index contributed by atoms with van der Waals surface area (Å²) in [5, 5.41) is 2.74. The van der Waals surface area contributed by atoms with Crippen LogP contribution in [0.3, 0.4) is 0 Å². The summed E-state index contributed by atoms with van der Waals surface area (Å²) in [5.41, 5.74) is 5.51. The van der Waals surface area contributed by atoms with E-state index in [-0.39, 0.29) is 17.8 Å². The van der Waals surface area contributed by atoms with Crippen molar-refractivity contribution in [2.45, 2.75) is 0 Å². The smallest absolute Gasteiger partial charge is 0.323 e. The van der Waals surface area contributed by atoms with Crippen LogP contribution in [0.25, 0.3) is 0 Å². The van der Waals surface area contributed by atoms with E-state index in [1.54, 1.807) is 26.2 Å². The highest BCUT2D eigenvalue weighted by Crippen LogP contribution is 2.19. The van der Waals surface area contributed by atoms with Crippen LogP contribution in [-0.4, -0.2) is 36.0 Å². The number of nitrogens with two attached hydrogens (primary N) is 1. The van der Waals surface area contributed by atoms with Crippen molar-refractivity contribution >= 4 is 29.4 Å². The lowest BCUT2D eigenvalue weighted by Gasteiger charge is -2.10. The Morgan fingerprint density at radius 3 is 2.88 bits per heavy atom. The third-order valence-electron chi connectivity index (χ3n) is 1.61. The minimum Gasteiger partial charge on any atom is -0.369 e. The summed E-state index contributed by atoms with van der Waals surface area (Å²) in [6, 6.07) is 2.94. The van der Waals surface area contributed by atoms with E-state index in [0.29, 0.717) is 5.02 Å². The number of urea groups is 1. The highest BCUT2D eigenvalue weighted by Gasteiger charge is 2.05. The van der Waals surface area contributed by atoms with Gasteiger partial charge in [0.15, 0.2) is 5.82 Å². The van der Waals surface area contributed by atoms with E-state index in [9.17, 15) is 4.79 Å². The van der Waals surface area contributed by atoms with E-state index in [4.69, 9.17) is 17.3 Å². The van der Waals surface area contributed by atoms with Crippen molar-refractivity contribution in [2.24, 2.45) is 10.7 Å². The summed E-state index contributed by atoms with van der Waals surface area (Å²) in [6.45, 7) is 0. The molecular weight excluding hydrogens is 230 g/mol. The van der Waals surface area contributed by atoms with Gasteiger partial charge in [-0.05, 0) is 12.1 Å².